The maximum atomic E-state index is 13.2. The predicted molar refractivity (Wildman–Crippen MR) is 122 cm³/mol. The Morgan fingerprint density at radius 3 is 2.42 bits per heavy atom. The average Bonchev–Trinajstić information content (AvgIpc) is 2.81. The van der Waals surface area contributed by atoms with E-state index in [4.69, 9.17) is 4.74 Å². The highest BCUT2D eigenvalue weighted by atomic mass is 16.5. The van der Waals surface area contributed by atoms with Gasteiger partial charge in [-0.3, -0.25) is 14.5 Å². The minimum absolute atomic E-state index is 0.0987. The van der Waals surface area contributed by atoms with Gasteiger partial charge in [0.1, 0.15) is 0 Å². The van der Waals surface area contributed by atoms with Crippen molar-refractivity contribution in [2.24, 2.45) is 0 Å². The number of aromatic nitrogens is 1. The van der Waals surface area contributed by atoms with Crippen LogP contribution in [0.2, 0.25) is 0 Å². The van der Waals surface area contributed by atoms with Gasteiger partial charge in [-0.05, 0) is 24.5 Å². The van der Waals surface area contributed by atoms with Crippen LogP contribution in [0, 0.1) is 0 Å². The van der Waals surface area contributed by atoms with E-state index >= 15 is 0 Å². The molecule has 1 amide bonds. The number of carbonyl (C=O) groups excluding carboxylic acids is 1. The molecule has 0 spiro atoms. The molecule has 1 aliphatic heterocycles. The zero-order chi connectivity index (χ0) is 21.6. The third kappa shape index (κ3) is 5.03. The molecule has 31 heavy (non-hydrogen) atoms. The summed E-state index contributed by atoms with van der Waals surface area (Å²) in [6.07, 6.45) is 3.50. The van der Waals surface area contributed by atoms with Crippen molar-refractivity contribution in [2.75, 3.05) is 26.8 Å². The van der Waals surface area contributed by atoms with E-state index in [1.165, 1.54) is 5.56 Å². The van der Waals surface area contributed by atoms with E-state index in [0.717, 1.165) is 32.5 Å². The highest BCUT2D eigenvalue weighted by Crippen LogP contribution is 2.18. The van der Waals surface area contributed by atoms with Crippen molar-refractivity contribution in [1.82, 2.24) is 14.8 Å². The molecule has 0 saturated carbocycles. The van der Waals surface area contributed by atoms with Gasteiger partial charge < -0.3 is 14.6 Å². The van der Waals surface area contributed by atoms with Crippen LogP contribution in [-0.2, 0) is 17.8 Å². The number of carbonyl (C=O) groups is 1. The highest BCUT2D eigenvalue weighted by molar-refractivity contribution is 6.06. The molecule has 162 valence electrons. The molecule has 1 aromatic heterocycles. The maximum Gasteiger partial charge on any atom is 0.258 e. The number of amides is 1. The second kappa shape index (κ2) is 9.90. The minimum Gasteiger partial charge on any atom is -0.383 e. The summed E-state index contributed by atoms with van der Waals surface area (Å²) in [6.45, 7) is 3.68. The van der Waals surface area contributed by atoms with Gasteiger partial charge in [0.25, 0.3) is 11.5 Å². The van der Waals surface area contributed by atoms with Crippen LogP contribution in [0.1, 0.15) is 28.8 Å². The SMILES string of the molecule is COCCn1cc(C(=O)NC2CCN(Cc3ccccc3)CC2)c2ccccc2c1=O. The number of likely N-dealkylation sites (tertiary alicyclic amines) is 1. The first-order valence-corrected chi connectivity index (χ1v) is 10.8. The molecule has 6 nitrogen and oxygen atoms in total. The van der Waals surface area contributed by atoms with Gasteiger partial charge in [-0.15, -0.1) is 0 Å². The number of rotatable bonds is 7. The lowest BCUT2D eigenvalue weighted by Gasteiger charge is -2.32. The minimum atomic E-state index is -0.121. The molecular weight excluding hydrogens is 390 g/mol. The number of pyridine rings is 1. The quantitative estimate of drug-likeness (QED) is 0.639. The van der Waals surface area contributed by atoms with Crippen LogP contribution >= 0.6 is 0 Å². The van der Waals surface area contributed by atoms with Crippen LogP contribution in [0.4, 0.5) is 0 Å². The van der Waals surface area contributed by atoms with Gasteiger partial charge in [0, 0.05) is 56.3 Å². The molecule has 1 aliphatic rings. The summed E-state index contributed by atoms with van der Waals surface area (Å²) in [5.41, 5.74) is 1.76. The third-order valence-electron chi connectivity index (χ3n) is 5.95. The zero-order valence-electron chi connectivity index (χ0n) is 17.9. The molecule has 6 heteroatoms. The Hall–Kier alpha value is -2.96. The Kier molecular flexibility index (Phi) is 6.79. The molecule has 0 bridgehead atoms. The standard InChI is InChI=1S/C25H29N3O3/c1-31-16-15-28-18-23(21-9-5-6-10-22(21)25(28)30)24(29)26-20-11-13-27(14-12-20)17-19-7-3-2-4-8-19/h2-10,18,20H,11-17H2,1H3,(H,26,29). The predicted octanol–water partition coefficient (Wildman–Crippen LogP) is 3.04. The lowest BCUT2D eigenvalue weighted by molar-refractivity contribution is 0.0909. The van der Waals surface area contributed by atoms with E-state index in [-0.39, 0.29) is 17.5 Å². The number of piperidine rings is 1. The highest BCUT2D eigenvalue weighted by Gasteiger charge is 2.23. The van der Waals surface area contributed by atoms with Gasteiger partial charge in [-0.1, -0.05) is 48.5 Å². The molecule has 4 rings (SSSR count). The Morgan fingerprint density at radius 2 is 1.71 bits per heavy atom. The maximum absolute atomic E-state index is 13.2. The Labute approximate surface area is 182 Å². The summed E-state index contributed by atoms with van der Waals surface area (Å²) in [7, 11) is 1.60. The van der Waals surface area contributed by atoms with Gasteiger partial charge >= 0.3 is 0 Å². The Morgan fingerprint density at radius 1 is 1.03 bits per heavy atom. The van der Waals surface area contributed by atoms with Crippen molar-refractivity contribution in [3.05, 3.63) is 82.3 Å². The second-order valence-electron chi connectivity index (χ2n) is 8.09. The lowest BCUT2D eigenvalue weighted by atomic mass is 10.0. The Balaban J connectivity index is 1.45. The topological polar surface area (TPSA) is 63.6 Å². The molecule has 0 unspecified atom stereocenters. The molecular formula is C25H29N3O3. The van der Waals surface area contributed by atoms with Crippen molar-refractivity contribution < 1.29 is 9.53 Å². The monoisotopic (exact) mass is 419 g/mol. The van der Waals surface area contributed by atoms with Crippen LogP contribution in [0.25, 0.3) is 10.8 Å². The average molecular weight is 420 g/mol. The number of fused-ring (bicyclic) bond motifs is 1. The molecule has 3 aromatic rings. The summed E-state index contributed by atoms with van der Waals surface area (Å²) >= 11 is 0. The van der Waals surface area contributed by atoms with E-state index < -0.39 is 0 Å². The summed E-state index contributed by atoms with van der Waals surface area (Å²) in [5, 5.41) is 4.46. The first kappa shape index (κ1) is 21.3. The number of nitrogens with zero attached hydrogens (tertiary/aromatic N) is 2. The normalized spacial score (nSPS) is 15.3. The second-order valence-corrected chi connectivity index (χ2v) is 8.09. The number of hydrogen-bond donors (Lipinski definition) is 1. The number of nitrogens with one attached hydrogen (secondary N) is 1. The fraction of sp³-hybridized carbons (Fsp3) is 0.360. The number of methoxy groups -OCH3 is 1. The van der Waals surface area contributed by atoms with E-state index in [0.29, 0.717) is 29.5 Å². The van der Waals surface area contributed by atoms with Gasteiger partial charge in [0.2, 0.25) is 0 Å². The van der Waals surface area contributed by atoms with E-state index in [1.54, 1.807) is 23.9 Å². The molecule has 2 aromatic carbocycles. The van der Waals surface area contributed by atoms with Gasteiger partial charge in [0.15, 0.2) is 0 Å². The molecule has 0 radical (unpaired) electrons. The smallest absolute Gasteiger partial charge is 0.258 e. The molecule has 1 N–H and O–H groups in total. The number of ether oxygens (including phenoxy) is 1. The van der Waals surface area contributed by atoms with Gasteiger partial charge in [-0.2, -0.15) is 0 Å². The van der Waals surface area contributed by atoms with Crippen molar-refractivity contribution in [3.63, 3.8) is 0 Å². The van der Waals surface area contributed by atoms with Crippen LogP contribution < -0.4 is 10.9 Å². The van der Waals surface area contributed by atoms with Crippen LogP contribution in [-0.4, -0.2) is 48.2 Å². The summed E-state index contributed by atoms with van der Waals surface area (Å²) in [5.74, 6) is -0.121. The van der Waals surface area contributed by atoms with Crippen molar-refractivity contribution in [2.45, 2.75) is 32.0 Å². The fourth-order valence-corrected chi connectivity index (χ4v) is 4.22. The zero-order valence-corrected chi connectivity index (χ0v) is 17.9. The Bertz CT molecular complexity index is 1090. The first-order chi connectivity index (χ1) is 15.2. The molecule has 0 aliphatic carbocycles. The fourth-order valence-electron chi connectivity index (χ4n) is 4.22. The van der Waals surface area contributed by atoms with Crippen molar-refractivity contribution in [1.29, 1.82) is 0 Å². The van der Waals surface area contributed by atoms with Gasteiger partial charge in [-0.25, -0.2) is 0 Å². The van der Waals surface area contributed by atoms with Crippen LogP contribution in [0.5, 0.6) is 0 Å². The molecule has 1 fully saturated rings. The lowest BCUT2D eigenvalue weighted by Crippen LogP contribution is -2.44. The summed E-state index contributed by atoms with van der Waals surface area (Å²) in [4.78, 5) is 28.3. The summed E-state index contributed by atoms with van der Waals surface area (Å²) < 4.78 is 6.69. The van der Waals surface area contributed by atoms with Gasteiger partial charge in [0.05, 0.1) is 12.2 Å². The van der Waals surface area contributed by atoms with Crippen LogP contribution in [0.15, 0.2) is 65.6 Å². The third-order valence-corrected chi connectivity index (χ3v) is 5.95. The largest absolute Gasteiger partial charge is 0.383 e. The molecule has 1 saturated heterocycles. The summed E-state index contributed by atoms with van der Waals surface area (Å²) in [6, 6.07) is 17.9. The first-order valence-electron chi connectivity index (χ1n) is 10.8. The van der Waals surface area contributed by atoms with E-state index in [9.17, 15) is 9.59 Å². The molecule has 2 heterocycles. The van der Waals surface area contributed by atoms with Crippen molar-refractivity contribution in [3.8, 4) is 0 Å². The molecule has 0 atom stereocenters. The van der Waals surface area contributed by atoms with E-state index in [2.05, 4.69) is 34.5 Å². The van der Waals surface area contributed by atoms with E-state index in [1.807, 2.05) is 24.3 Å². The van der Waals surface area contributed by atoms with Crippen LogP contribution in [0.3, 0.4) is 0 Å². The number of benzene rings is 2. The number of hydrogen-bond acceptors (Lipinski definition) is 4. The van der Waals surface area contributed by atoms with Crippen molar-refractivity contribution >= 4 is 16.7 Å².